The van der Waals surface area contributed by atoms with Crippen LogP contribution >= 0.6 is 11.3 Å². The minimum Gasteiger partial charge on any atom is -0.481 e. The Morgan fingerprint density at radius 1 is 1.35 bits per heavy atom. The molecule has 0 bridgehead atoms. The molecule has 2 N–H and O–H groups in total. The number of hydrogen-bond acceptors (Lipinski definition) is 6. The lowest BCUT2D eigenvalue weighted by atomic mass is 10.4. The predicted octanol–water partition coefficient (Wildman–Crippen LogP) is 2.09. The van der Waals surface area contributed by atoms with Crippen LogP contribution < -0.4 is 10.5 Å². The van der Waals surface area contributed by atoms with E-state index in [0.29, 0.717) is 18.4 Å². The third-order valence-electron chi connectivity index (χ3n) is 3.05. The number of anilines is 1. The molecular weight excluding hydrogens is 274 g/mol. The van der Waals surface area contributed by atoms with Gasteiger partial charge in [0, 0.05) is 17.1 Å². The van der Waals surface area contributed by atoms with Gasteiger partial charge in [0.25, 0.3) is 0 Å². The van der Waals surface area contributed by atoms with Crippen molar-refractivity contribution in [3.05, 3.63) is 28.2 Å². The molecule has 3 aromatic heterocycles. The lowest BCUT2D eigenvalue weighted by Gasteiger charge is -2.04. The lowest BCUT2D eigenvalue weighted by Crippen LogP contribution is -2.05. The van der Waals surface area contributed by atoms with E-state index in [4.69, 9.17) is 10.5 Å². The number of nitrogen functional groups attached to an aromatic ring is 1. The first kappa shape index (κ1) is 12.9. The van der Waals surface area contributed by atoms with Gasteiger partial charge in [0.2, 0.25) is 11.8 Å². The Kier molecular flexibility index (Phi) is 3.27. The molecule has 0 spiro atoms. The molecule has 0 fully saturated rings. The monoisotopic (exact) mass is 289 g/mol. The molecule has 0 atom stereocenters. The van der Waals surface area contributed by atoms with E-state index in [1.807, 2.05) is 16.8 Å². The van der Waals surface area contributed by atoms with Gasteiger partial charge in [-0.25, -0.2) is 9.97 Å². The maximum absolute atomic E-state index is 5.98. The Hall–Kier alpha value is -2.15. The largest absolute Gasteiger partial charge is 0.481 e. The van der Waals surface area contributed by atoms with Crippen molar-refractivity contribution < 1.29 is 4.74 Å². The number of nitrogens with two attached hydrogens (primary N) is 1. The van der Waals surface area contributed by atoms with E-state index >= 15 is 0 Å². The highest BCUT2D eigenvalue weighted by atomic mass is 32.1. The normalized spacial score (nSPS) is 11.1. The summed E-state index contributed by atoms with van der Waals surface area (Å²) < 4.78 is 7.01. The van der Waals surface area contributed by atoms with Crippen molar-refractivity contribution in [1.29, 1.82) is 0 Å². The number of thiazole rings is 1. The first-order valence-electron chi connectivity index (χ1n) is 6.31. The summed E-state index contributed by atoms with van der Waals surface area (Å²) in [5, 5.41) is 0.998. The Morgan fingerprint density at radius 3 is 2.90 bits per heavy atom. The molecule has 104 valence electrons. The van der Waals surface area contributed by atoms with E-state index in [1.165, 1.54) is 4.88 Å². The number of nitrogens with zero attached hydrogens (tertiary/aromatic N) is 4. The highest BCUT2D eigenvalue weighted by molar-refractivity contribution is 7.11. The fourth-order valence-electron chi connectivity index (χ4n) is 1.99. The second kappa shape index (κ2) is 5.09. The number of aromatic nitrogens is 4. The Morgan fingerprint density at radius 2 is 2.20 bits per heavy atom. The van der Waals surface area contributed by atoms with E-state index < -0.39 is 0 Å². The summed E-state index contributed by atoms with van der Waals surface area (Å²) >= 11 is 1.68. The van der Waals surface area contributed by atoms with Gasteiger partial charge in [-0.3, -0.25) is 4.57 Å². The van der Waals surface area contributed by atoms with E-state index in [1.54, 1.807) is 24.5 Å². The number of pyridine rings is 1. The first-order valence-corrected chi connectivity index (χ1v) is 7.13. The number of hydrogen-bond donors (Lipinski definition) is 1. The SMILES string of the molecule is CCc1cnc(Cn2c(N)nc3ccc(OC)nc32)s1. The zero-order valence-electron chi connectivity index (χ0n) is 11.3. The number of methoxy groups -OCH3 is 1. The molecule has 3 rings (SSSR count). The van der Waals surface area contributed by atoms with E-state index in [0.717, 1.165) is 22.6 Å². The Labute approximate surface area is 120 Å². The number of ether oxygens (including phenoxy) is 1. The van der Waals surface area contributed by atoms with Gasteiger partial charge in [-0.1, -0.05) is 6.92 Å². The molecule has 3 aromatic rings. The molecule has 3 heterocycles. The molecule has 0 aliphatic heterocycles. The van der Waals surface area contributed by atoms with Crippen LogP contribution in [0.25, 0.3) is 11.2 Å². The maximum atomic E-state index is 5.98. The van der Waals surface area contributed by atoms with Crippen LogP contribution in [0.5, 0.6) is 5.88 Å². The molecule has 0 amide bonds. The molecule has 7 heteroatoms. The summed E-state index contributed by atoms with van der Waals surface area (Å²) in [7, 11) is 1.59. The average Bonchev–Trinajstić information content (AvgIpc) is 3.04. The number of aryl methyl sites for hydroxylation is 1. The van der Waals surface area contributed by atoms with Gasteiger partial charge in [-0.2, -0.15) is 4.98 Å². The molecular formula is C13H15N5OS. The standard InChI is InChI=1S/C13H15N5OS/c1-3-8-6-15-11(20-8)7-18-12-9(16-13(18)14)4-5-10(17-12)19-2/h4-6H,3,7H2,1-2H3,(H2,14,16). The van der Waals surface area contributed by atoms with Gasteiger partial charge in [-0.05, 0) is 12.5 Å². The summed E-state index contributed by atoms with van der Waals surface area (Å²) in [6.45, 7) is 2.69. The van der Waals surface area contributed by atoms with Gasteiger partial charge in [-0.15, -0.1) is 11.3 Å². The molecule has 0 saturated carbocycles. The van der Waals surface area contributed by atoms with Crippen molar-refractivity contribution in [1.82, 2.24) is 19.5 Å². The number of fused-ring (bicyclic) bond motifs is 1. The zero-order valence-corrected chi connectivity index (χ0v) is 12.1. The van der Waals surface area contributed by atoms with Crippen LogP contribution in [-0.2, 0) is 13.0 Å². The van der Waals surface area contributed by atoms with Crippen molar-refractivity contribution >= 4 is 28.4 Å². The molecule has 0 unspecified atom stereocenters. The number of imidazole rings is 1. The third-order valence-corrected chi connectivity index (χ3v) is 4.18. The zero-order chi connectivity index (χ0) is 14.1. The van der Waals surface area contributed by atoms with E-state index in [9.17, 15) is 0 Å². The quantitative estimate of drug-likeness (QED) is 0.795. The Bertz CT molecular complexity index is 748. The first-order chi connectivity index (χ1) is 9.71. The summed E-state index contributed by atoms with van der Waals surface area (Å²) in [4.78, 5) is 14.4. The van der Waals surface area contributed by atoms with Crippen LogP contribution in [0.3, 0.4) is 0 Å². The molecule has 6 nitrogen and oxygen atoms in total. The molecule has 20 heavy (non-hydrogen) atoms. The molecule has 0 aromatic carbocycles. The smallest absolute Gasteiger partial charge is 0.215 e. The second-order valence-electron chi connectivity index (χ2n) is 4.33. The van der Waals surface area contributed by atoms with Crippen LogP contribution in [0.4, 0.5) is 5.95 Å². The minimum absolute atomic E-state index is 0.439. The second-order valence-corrected chi connectivity index (χ2v) is 5.53. The van der Waals surface area contributed by atoms with Crippen LogP contribution in [0.15, 0.2) is 18.3 Å². The molecule has 0 aliphatic rings. The fourth-order valence-corrected chi connectivity index (χ4v) is 2.84. The minimum atomic E-state index is 0.439. The maximum Gasteiger partial charge on any atom is 0.215 e. The number of rotatable bonds is 4. The average molecular weight is 289 g/mol. The summed E-state index contributed by atoms with van der Waals surface area (Å²) in [5.41, 5.74) is 7.46. The van der Waals surface area contributed by atoms with E-state index in [2.05, 4.69) is 21.9 Å². The summed E-state index contributed by atoms with van der Waals surface area (Å²) in [5.74, 6) is 0.987. The van der Waals surface area contributed by atoms with Crippen molar-refractivity contribution in [2.75, 3.05) is 12.8 Å². The third kappa shape index (κ3) is 2.20. The van der Waals surface area contributed by atoms with Gasteiger partial charge >= 0.3 is 0 Å². The van der Waals surface area contributed by atoms with Crippen LogP contribution in [0.2, 0.25) is 0 Å². The van der Waals surface area contributed by atoms with Crippen LogP contribution in [-0.4, -0.2) is 26.6 Å². The van der Waals surface area contributed by atoms with Crippen molar-refractivity contribution in [3.63, 3.8) is 0 Å². The lowest BCUT2D eigenvalue weighted by molar-refractivity contribution is 0.399. The summed E-state index contributed by atoms with van der Waals surface area (Å²) in [6, 6.07) is 3.63. The Balaban J connectivity index is 2.03. The van der Waals surface area contributed by atoms with Crippen LogP contribution in [0.1, 0.15) is 16.8 Å². The van der Waals surface area contributed by atoms with Crippen molar-refractivity contribution in [2.45, 2.75) is 19.9 Å². The highest BCUT2D eigenvalue weighted by Gasteiger charge is 2.12. The van der Waals surface area contributed by atoms with Crippen molar-refractivity contribution in [3.8, 4) is 5.88 Å². The predicted molar refractivity (Wildman–Crippen MR) is 79.1 cm³/mol. The van der Waals surface area contributed by atoms with Gasteiger partial charge in [0.15, 0.2) is 5.65 Å². The van der Waals surface area contributed by atoms with E-state index in [-0.39, 0.29) is 0 Å². The highest BCUT2D eigenvalue weighted by Crippen LogP contribution is 2.22. The summed E-state index contributed by atoms with van der Waals surface area (Å²) in [6.07, 6.45) is 2.90. The van der Waals surface area contributed by atoms with Crippen molar-refractivity contribution in [2.24, 2.45) is 0 Å². The molecule has 0 aliphatic carbocycles. The fraction of sp³-hybridized carbons (Fsp3) is 0.308. The topological polar surface area (TPSA) is 78.9 Å². The molecule has 0 saturated heterocycles. The van der Waals surface area contributed by atoms with Crippen LogP contribution in [0, 0.1) is 0 Å². The van der Waals surface area contributed by atoms with Gasteiger partial charge < -0.3 is 10.5 Å². The molecule has 0 radical (unpaired) electrons. The van der Waals surface area contributed by atoms with Gasteiger partial charge in [0.05, 0.1) is 13.7 Å². The van der Waals surface area contributed by atoms with Gasteiger partial charge in [0.1, 0.15) is 10.5 Å².